The summed E-state index contributed by atoms with van der Waals surface area (Å²) in [6.07, 6.45) is 32.6. The van der Waals surface area contributed by atoms with E-state index in [-0.39, 0.29) is 22.6 Å². The second kappa shape index (κ2) is 25.0. The summed E-state index contributed by atoms with van der Waals surface area (Å²) in [6, 6.07) is 0. The van der Waals surface area contributed by atoms with E-state index in [9.17, 15) is 8.78 Å². The molecule has 1 saturated heterocycles. The molecule has 0 amide bonds. The van der Waals surface area contributed by atoms with E-state index in [0.29, 0.717) is 17.3 Å². The highest BCUT2D eigenvalue weighted by Gasteiger charge is 2.43. The van der Waals surface area contributed by atoms with Gasteiger partial charge in [0.25, 0.3) is 0 Å². The molecule has 4 atom stereocenters. The van der Waals surface area contributed by atoms with Crippen molar-refractivity contribution in [1.29, 1.82) is 0 Å². The number of hydrogen-bond acceptors (Lipinski definition) is 2. The van der Waals surface area contributed by atoms with Gasteiger partial charge in [-0.15, -0.1) is 17.7 Å². The monoisotopic (exact) mass is 828 g/mol. The average molecular weight is 828 g/mol. The van der Waals surface area contributed by atoms with Gasteiger partial charge in [0.15, 0.2) is 0 Å². The van der Waals surface area contributed by atoms with E-state index in [1.807, 2.05) is 25.3 Å². The van der Waals surface area contributed by atoms with Gasteiger partial charge in [0, 0.05) is 25.7 Å². The molecule has 1 aliphatic carbocycles. The van der Waals surface area contributed by atoms with Crippen LogP contribution < -0.4 is 0 Å². The molecule has 2 heterocycles. The second-order valence-corrected chi connectivity index (χ2v) is 24.5. The van der Waals surface area contributed by atoms with Crippen molar-refractivity contribution in [3.05, 3.63) is 80.4 Å². The molecule has 0 N–H and O–H groups in total. The fraction of sp³-hybridized carbons (Fsp3) is 0.692. The Hall–Kier alpha value is -1.90. The van der Waals surface area contributed by atoms with Crippen LogP contribution in [0.5, 0.6) is 0 Å². The first-order chi connectivity index (χ1) is 26.5. The summed E-state index contributed by atoms with van der Waals surface area (Å²) in [4.78, 5) is 4.86. The zero-order valence-corrected chi connectivity index (χ0v) is 41.6. The lowest BCUT2D eigenvalue weighted by Gasteiger charge is -2.43. The van der Waals surface area contributed by atoms with E-state index in [0.717, 1.165) is 22.5 Å². The van der Waals surface area contributed by atoms with Crippen LogP contribution >= 0.6 is 21.8 Å². The van der Waals surface area contributed by atoms with Gasteiger partial charge in [-0.25, -0.2) is 18.8 Å². The summed E-state index contributed by atoms with van der Waals surface area (Å²) >= 11 is 1.56. The lowest BCUT2D eigenvalue weighted by Crippen LogP contribution is -2.32. The fourth-order valence-electron chi connectivity index (χ4n) is 8.40. The van der Waals surface area contributed by atoms with E-state index in [1.54, 1.807) is 29.7 Å². The highest BCUT2D eigenvalue weighted by Crippen LogP contribution is 2.63. The van der Waals surface area contributed by atoms with Crippen molar-refractivity contribution in [3.8, 4) is 11.8 Å². The molecular weight excluding hydrogens is 741 g/mol. The Balaban J connectivity index is 0.000000478. The standard InChI is InChI=1S/C26H47NS.C18H31F.C8H9FS/c1-10-13-18-26(19-14-11-2)20-22(4)24(15-12-3)25(28(8,9)21-26)17-16-23(5)27(6)7;1-7-8-9-12-18(5,6)15-11-10-14(13-16(15)19)17(2,3)4;1-6-7(2)10-5-3-4-8(6)9/h16-17,22,24H,10-11,13-14,18-21H2,1-9H3;10-11,13,15-16H,7-9,12H2,1-6H3;3-5H,1-2H3/b23-16+,25-17+;;. The number of hydrogen-bond donors (Lipinski definition) is 0. The first kappa shape index (κ1) is 53.1. The van der Waals surface area contributed by atoms with Gasteiger partial charge in [-0.3, -0.25) is 0 Å². The van der Waals surface area contributed by atoms with E-state index >= 15 is 0 Å². The number of halogens is 2. The van der Waals surface area contributed by atoms with Crippen molar-refractivity contribution in [2.75, 3.05) is 32.4 Å². The molecular formula is C52H87F2NS2. The first-order valence-corrected chi connectivity index (χ1v) is 25.6. The molecule has 0 aromatic rings. The van der Waals surface area contributed by atoms with Crippen molar-refractivity contribution in [1.82, 2.24) is 4.90 Å². The smallest absolute Gasteiger partial charge is 0.126 e. The largest absolute Gasteiger partial charge is 0.381 e. The lowest BCUT2D eigenvalue weighted by atomic mass is 9.69. The summed E-state index contributed by atoms with van der Waals surface area (Å²) in [7, 11) is 3.40. The average Bonchev–Trinajstić information content (AvgIpc) is 3.32. The van der Waals surface area contributed by atoms with E-state index in [4.69, 9.17) is 0 Å². The maximum atomic E-state index is 14.5. The van der Waals surface area contributed by atoms with Crippen LogP contribution in [-0.2, 0) is 0 Å². The van der Waals surface area contributed by atoms with Crippen LogP contribution in [0.4, 0.5) is 8.78 Å². The van der Waals surface area contributed by atoms with Crippen molar-refractivity contribution in [2.24, 2.45) is 34.0 Å². The minimum Gasteiger partial charge on any atom is -0.381 e. The van der Waals surface area contributed by atoms with Crippen molar-refractivity contribution in [3.63, 3.8) is 0 Å². The van der Waals surface area contributed by atoms with Crippen LogP contribution in [0.1, 0.15) is 161 Å². The summed E-state index contributed by atoms with van der Waals surface area (Å²) in [6.45, 7) is 28.1. The minimum atomic E-state index is -0.859. The Morgan fingerprint density at radius 2 is 1.60 bits per heavy atom. The predicted octanol–water partition coefficient (Wildman–Crippen LogP) is 16.9. The third-order valence-electron chi connectivity index (χ3n) is 12.4. The van der Waals surface area contributed by atoms with Crippen LogP contribution in [-0.4, -0.2) is 43.4 Å². The number of allylic oxidation sites excluding steroid dienone is 13. The Labute approximate surface area is 359 Å². The van der Waals surface area contributed by atoms with Crippen LogP contribution in [0, 0.1) is 45.8 Å². The quantitative estimate of drug-likeness (QED) is 0.134. The molecule has 3 aliphatic rings. The zero-order valence-electron chi connectivity index (χ0n) is 39.9. The molecule has 57 heavy (non-hydrogen) atoms. The summed E-state index contributed by atoms with van der Waals surface area (Å²) in [5.74, 6) is 9.24. The van der Waals surface area contributed by atoms with Crippen LogP contribution in [0.2, 0.25) is 0 Å². The van der Waals surface area contributed by atoms with Gasteiger partial charge in [-0.05, 0) is 138 Å². The lowest BCUT2D eigenvalue weighted by molar-refractivity contribution is 0.151. The van der Waals surface area contributed by atoms with Crippen molar-refractivity contribution < 1.29 is 8.78 Å². The van der Waals surface area contributed by atoms with Gasteiger partial charge in [0.2, 0.25) is 0 Å². The van der Waals surface area contributed by atoms with Gasteiger partial charge in [0.1, 0.15) is 12.0 Å². The van der Waals surface area contributed by atoms with Crippen LogP contribution in [0.25, 0.3) is 0 Å². The number of alkyl halides is 1. The second-order valence-electron chi connectivity index (χ2n) is 19.5. The molecule has 2 aliphatic heterocycles. The van der Waals surface area contributed by atoms with Gasteiger partial charge < -0.3 is 4.90 Å². The number of nitrogens with zero attached hydrogens (tertiary/aromatic N) is 1. The molecule has 0 saturated carbocycles. The molecule has 0 aromatic carbocycles. The van der Waals surface area contributed by atoms with Crippen LogP contribution in [0.3, 0.4) is 0 Å². The highest BCUT2D eigenvalue weighted by atomic mass is 32.3. The summed E-state index contributed by atoms with van der Waals surface area (Å²) in [5.41, 5.74) is 3.78. The van der Waals surface area contributed by atoms with Gasteiger partial charge in [-0.2, -0.15) is 0 Å². The van der Waals surface area contributed by atoms with Gasteiger partial charge in [0.05, 0.1) is 5.92 Å². The molecule has 0 spiro atoms. The molecule has 5 heteroatoms. The normalized spacial score (nSPS) is 24.7. The Bertz CT molecular complexity index is 1500. The number of thioether (sulfide) groups is 1. The maximum absolute atomic E-state index is 14.5. The fourth-order valence-corrected chi connectivity index (χ4v) is 12.6. The molecule has 0 aromatic heterocycles. The van der Waals surface area contributed by atoms with Crippen molar-refractivity contribution in [2.45, 2.75) is 167 Å². The molecule has 3 rings (SSSR count). The van der Waals surface area contributed by atoms with Crippen LogP contribution in [0.15, 0.2) is 80.4 Å². The third-order valence-corrected chi connectivity index (χ3v) is 16.3. The van der Waals surface area contributed by atoms with E-state index in [1.165, 1.54) is 81.7 Å². The van der Waals surface area contributed by atoms with Gasteiger partial charge in [-0.1, -0.05) is 137 Å². The molecule has 326 valence electrons. The number of rotatable bonds is 13. The number of unbranched alkanes of at least 4 members (excludes halogenated alkanes) is 4. The molecule has 1 fully saturated rings. The van der Waals surface area contributed by atoms with Crippen molar-refractivity contribution >= 4 is 21.8 Å². The SMILES string of the molecule is CC#CC1/C(=C\C=C(/C)N(C)C)S(C)(C)CC(CCCC)(CCCC)CC1C.CC1=C(C)C(F)=CC=CS1.CCCCCC(C)(C)C1C=CC(C(C)(C)C)=CC1F. The summed E-state index contributed by atoms with van der Waals surface area (Å²) < 4.78 is 27.3. The maximum Gasteiger partial charge on any atom is 0.126 e. The summed E-state index contributed by atoms with van der Waals surface area (Å²) in [5, 5.41) is 1.88. The Morgan fingerprint density at radius 3 is 2.11 bits per heavy atom. The topological polar surface area (TPSA) is 3.24 Å². The third kappa shape index (κ3) is 17.7. The van der Waals surface area contributed by atoms with E-state index in [2.05, 4.69) is 137 Å². The molecule has 0 bridgehead atoms. The minimum absolute atomic E-state index is 0.0236. The Morgan fingerprint density at radius 1 is 1.00 bits per heavy atom. The molecule has 4 unspecified atom stereocenters. The zero-order chi connectivity index (χ0) is 43.6. The molecule has 1 nitrogen and oxygen atoms in total. The highest BCUT2D eigenvalue weighted by molar-refractivity contribution is 8.35. The molecule has 0 radical (unpaired) electrons. The Kier molecular flexibility index (Phi) is 23.3. The first-order valence-electron chi connectivity index (χ1n) is 22.1. The predicted molar refractivity (Wildman–Crippen MR) is 259 cm³/mol. The van der Waals surface area contributed by atoms with Gasteiger partial charge >= 0.3 is 0 Å². The van der Waals surface area contributed by atoms with E-state index < -0.39 is 16.2 Å².